The summed E-state index contributed by atoms with van der Waals surface area (Å²) in [6.45, 7) is 0. The topological polar surface area (TPSA) is 55.1 Å². The van der Waals surface area contributed by atoms with Crippen molar-refractivity contribution in [2.45, 2.75) is 25.4 Å². The number of carbonyl (C=O) groups is 1. The van der Waals surface area contributed by atoms with Crippen LogP contribution in [0.2, 0.25) is 0 Å². The number of hydrogen-bond acceptors (Lipinski definition) is 2. The van der Waals surface area contributed by atoms with Crippen molar-refractivity contribution < 1.29 is 23.1 Å². The van der Waals surface area contributed by atoms with Crippen LogP contribution in [0.25, 0.3) is 0 Å². The maximum absolute atomic E-state index is 12.4. The Kier molecular flexibility index (Phi) is 2.44. The van der Waals surface area contributed by atoms with Crippen LogP contribution in [0.3, 0.4) is 0 Å². The molecule has 0 bridgehead atoms. The van der Waals surface area contributed by atoms with E-state index in [1.54, 1.807) is 0 Å². The fourth-order valence-electron chi connectivity index (χ4n) is 1.77. The van der Waals surface area contributed by atoms with Crippen LogP contribution in [0.1, 0.15) is 24.2 Å². The molecule has 0 aromatic carbocycles. The van der Waals surface area contributed by atoms with E-state index in [1.807, 2.05) is 0 Å². The molecule has 94 valence electrons. The number of rotatable bonds is 3. The fourth-order valence-corrected chi connectivity index (χ4v) is 1.77. The first-order chi connectivity index (χ1) is 7.74. The van der Waals surface area contributed by atoms with Crippen molar-refractivity contribution in [3.05, 3.63) is 17.5 Å². The van der Waals surface area contributed by atoms with E-state index in [1.165, 1.54) is 7.05 Å². The molecule has 1 aliphatic rings. The lowest BCUT2D eigenvalue weighted by Crippen LogP contribution is -2.19. The number of alkyl halides is 3. The molecular formula is C10H11F3N2O2. The highest BCUT2D eigenvalue weighted by atomic mass is 19.4. The number of aryl methyl sites for hydroxylation is 1. The standard InChI is InChI=1S/C10H11F3N2O2/c1-15-6(4-7(14-15)10(11,12)13)5-9(2-3-9)8(16)17/h4H,2-3,5H2,1H3,(H,16,17). The second kappa shape index (κ2) is 3.48. The number of aromatic nitrogens is 2. The first kappa shape index (κ1) is 11.9. The smallest absolute Gasteiger partial charge is 0.435 e. The summed E-state index contributed by atoms with van der Waals surface area (Å²) in [6, 6.07) is 0.920. The molecule has 1 aromatic rings. The van der Waals surface area contributed by atoms with Gasteiger partial charge in [-0.05, 0) is 18.9 Å². The van der Waals surface area contributed by atoms with E-state index in [0.717, 1.165) is 10.7 Å². The number of hydrogen-bond donors (Lipinski definition) is 1. The average molecular weight is 248 g/mol. The molecule has 0 spiro atoms. The molecule has 4 nitrogen and oxygen atoms in total. The number of aliphatic carboxylic acids is 1. The predicted molar refractivity (Wildman–Crippen MR) is 51.2 cm³/mol. The fraction of sp³-hybridized carbons (Fsp3) is 0.600. The van der Waals surface area contributed by atoms with E-state index in [4.69, 9.17) is 5.11 Å². The van der Waals surface area contributed by atoms with E-state index in [9.17, 15) is 18.0 Å². The number of carboxylic acid groups (broad SMARTS) is 1. The van der Waals surface area contributed by atoms with E-state index in [0.29, 0.717) is 18.5 Å². The summed E-state index contributed by atoms with van der Waals surface area (Å²) >= 11 is 0. The lowest BCUT2D eigenvalue weighted by Gasteiger charge is -2.08. The molecule has 0 unspecified atom stereocenters. The largest absolute Gasteiger partial charge is 0.481 e. The van der Waals surface area contributed by atoms with Gasteiger partial charge in [0.2, 0.25) is 0 Å². The van der Waals surface area contributed by atoms with Gasteiger partial charge in [0.1, 0.15) is 0 Å². The van der Waals surface area contributed by atoms with Gasteiger partial charge in [0, 0.05) is 19.2 Å². The van der Waals surface area contributed by atoms with E-state index < -0.39 is 23.3 Å². The first-order valence-electron chi connectivity index (χ1n) is 5.08. The molecule has 1 saturated carbocycles. The van der Waals surface area contributed by atoms with Gasteiger partial charge < -0.3 is 5.11 Å². The third-order valence-electron chi connectivity index (χ3n) is 3.09. The Morgan fingerprint density at radius 3 is 2.53 bits per heavy atom. The Hall–Kier alpha value is -1.53. The van der Waals surface area contributed by atoms with Gasteiger partial charge >= 0.3 is 12.1 Å². The Morgan fingerprint density at radius 1 is 1.59 bits per heavy atom. The zero-order valence-corrected chi connectivity index (χ0v) is 9.08. The molecule has 1 aliphatic carbocycles. The lowest BCUT2D eigenvalue weighted by atomic mass is 10.0. The molecule has 1 fully saturated rings. The zero-order chi connectivity index (χ0) is 12.8. The molecule has 1 heterocycles. The monoisotopic (exact) mass is 248 g/mol. The van der Waals surface area contributed by atoms with Gasteiger partial charge in [-0.15, -0.1) is 0 Å². The summed E-state index contributed by atoms with van der Waals surface area (Å²) in [7, 11) is 1.39. The second-order valence-corrected chi connectivity index (χ2v) is 4.40. The summed E-state index contributed by atoms with van der Waals surface area (Å²) in [5, 5.41) is 12.3. The highest BCUT2D eigenvalue weighted by molar-refractivity contribution is 5.78. The Labute approximate surface area is 95.0 Å². The summed E-state index contributed by atoms with van der Waals surface area (Å²) in [4.78, 5) is 11.0. The van der Waals surface area contributed by atoms with Crippen LogP contribution in [0.4, 0.5) is 13.2 Å². The van der Waals surface area contributed by atoms with E-state index >= 15 is 0 Å². The van der Waals surface area contributed by atoms with Gasteiger partial charge in [0.05, 0.1) is 5.41 Å². The normalized spacial score (nSPS) is 18.1. The van der Waals surface area contributed by atoms with Gasteiger partial charge in [0.25, 0.3) is 0 Å². The Balaban J connectivity index is 2.23. The van der Waals surface area contributed by atoms with Crippen LogP contribution in [0, 0.1) is 5.41 Å². The third kappa shape index (κ3) is 2.13. The highest BCUT2D eigenvalue weighted by Gasteiger charge is 2.51. The first-order valence-corrected chi connectivity index (χ1v) is 5.08. The molecule has 2 rings (SSSR count). The van der Waals surface area contributed by atoms with E-state index in [-0.39, 0.29) is 6.42 Å². The minimum absolute atomic E-state index is 0.0991. The van der Waals surface area contributed by atoms with Crippen LogP contribution in [-0.4, -0.2) is 20.9 Å². The summed E-state index contributed by atoms with van der Waals surface area (Å²) in [5.41, 5.74) is -1.55. The minimum atomic E-state index is -4.49. The van der Waals surface area contributed by atoms with Gasteiger partial charge in [-0.3, -0.25) is 9.48 Å². The molecule has 1 N–H and O–H groups in total. The van der Waals surface area contributed by atoms with Crippen molar-refractivity contribution in [2.75, 3.05) is 0 Å². The molecule has 0 atom stereocenters. The second-order valence-electron chi connectivity index (χ2n) is 4.40. The van der Waals surface area contributed by atoms with E-state index in [2.05, 4.69) is 5.10 Å². The zero-order valence-electron chi connectivity index (χ0n) is 9.08. The number of halogens is 3. The summed E-state index contributed by atoms with van der Waals surface area (Å²) in [6.07, 6.45) is -3.37. The average Bonchev–Trinajstić information content (AvgIpc) is 2.86. The third-order valence-corrected chi connectivity index (χ3v) is 3.09. The number of carboxylic acids is 1. The minimum Gasteiger partial charge on any atom is -0.481 e. The van der Waals surface area contributed by atoms with Crippen molar-refractivity contribution in [3.8, 4) is 0 Å². The highest BCUT2D eigenvalue weighted by Crippen LogP contribution is 2.48. The van der Waals surface area contributed by atoms with Crippen LogP contribution in [0.5, 0.6) is 0 Å². The van der Waals surface area contributed by atoms with Crippen molar-refractivity contribution in [2.24, 2.45) is 12.5 Å². The molecular weight excluding hydrogens is 237 g/mol. The van der Waals surface area contributed by atoms with Crippen LogP contribution in [-0.2, 0) is 24.4 Å². The van der Waals surface area contributed by atoms with Gasteiger partial charge in [-0.25, -0.2) is 0 Å². The molecule has 0 saturated heterocycles. The maximum atomic E-state index is 12.4. The van der Waals surface area contributed by atoms with Crippen molar-refractivity contribution in [1.82, 2.24) is 9.78 Å². The predicted octanol–water partition coefficient (Wildman–Crippen LogP) is 1.85. The van der Waals surface area contributed by atoms with Crippen LogP contribution < -0.4 is 0 Å². The molecule has 1 aromatic heterocycles. The van der Waals surface area contributed by atoms with Gasteiger partial charge in [-0.2, -0.15) is 18.3 Å². The molecule has 0 amide bonds. The Bertz CT molecular complexity index is 461. The molecule has 7 heteroatoms. The van der Waals surface area contributed by atoms with Crippen molar-refractivity contribution in [3.63, 3.8) is 0 Å². The Morgan fingerprint density at radius 2 is 2.18 bits per heavy atom. The number of nitrogens with zero attached hydrogens (tertiary/aromatic N) is 2. The lowest BCUT2D eigenvalue weighted by molar-refractivity contribution is -0.143. The molecule has 0 radical (unpaired) electrons. The van der Waals surface area contributed by atoms with Gasteiger partial charge in [-0.1, -0.05) is 0 Å². The maximum Gasteiger partial charge on any atom is 0.435 e. The van der Waals surface area contributed by atoms with Crippen LogP contribution >= 0.6 is 0 Å². The molecule has 0 aliphatic heterocycles. The summed E-state index contributed by atoms with van der Waals surface area (Å²) in [5.74, 6) is -0.952. The van der Waals surface area contributed by atoms with Crippen molar-refractivity contribution in [1.29, 1.82) is 0 Å². The van der Waals surface area contributed by atoms with Gasteiger partial charge in [0.15, 0.2) is 5.69 Å². The molecule has 17 heavy (non-hydrogen) atoms. The summed E-state index contributed by atoms with van der Waals surface area (Å²) < 4.78 is 38.3. The SMILES string of the molecule is Cn1nc(C(F)(F)F)cc1CC1(C(=O)O)CC1. The van der Waals surface area contributed by atoms with Crippen LogP contribution in [0.15, 0.2) is 6.07 Å². The quantitative estimate of drug-likeness (QED) is 0.888. The van der Waals surface area contributed by atoms with Crippen molar-refractivity contribution >= 4 is 5.97 Å².